The summed E-state index contributed by atoms with van der Waals surface area (Å²) in [7, 11) is 0. The van der Waals surface area contributed by atoms with Gasteiger partial charge in [-0.15, -0.1) is 0 Å². The van der Waals surface area contributed by atoms with Crippen LogP contribution in [-0.2, 0) is 25.4 Å². The first kappa shape index (κ1) is 26.4. The monoisotopic (exact) mass is 507 g/mol. The van der Waals surface area contributed by atoms with E-state index in [1.165, 1.54) is 19.1 Å². The van der Waals surface area contributed by atoms with Crippen molar-refractivity contribution in [2.45, 2.75) is 77.4 Å². The molecule has 1 amide bonds. The SMILES string of the molecule is CC(=O)NCCc1ccc(O[C@@H]2O[C@@H](C)[C@H](OC(F)F)[C@H]3CC(C)(C)O[C@@H]23)cc1-c1cccc(F)c1. The molecule has 0 saturated carbocycles. The van der Waals surface area contributed by atoms with Gasteiger partial charge in [0.1, 0.15) is 17.7 Å². The van der Waals surface area contributed by atoms with Crippen LogP contribution in [0, 0.1) is 11.7 Å². The number of halogens is 3. The van der Waals surface area contributed by atoms with Crippen molar-refractivity contribution in [2.75, 3.05) is 6.54 Å². The molecule has 36 heavy (non-hydrogen) atoms. The molecular weight excluding hydrogens is 475 g/mol. The molecule has 2 saturated heterocycles. The Morgan fingerprint density at radius 2 is 2.00 bits per heavy atom. The number of hydrogen-bond donors (Lipinski definition) is 1. The molecule has 1 N–H and O–H groups in total. The quantitative estimate of drug-likeness (QED) is 0.540. The molecule has 196 valence electrons. The third-order valence-electron chi connectivity index (χ3n) is 6.60. The first-order chi connectivity index (χ1) is 17.0. The summed E-state index contributed by atoms with van der Waals surface area (Å²) in [6.45, 7) is 4.46. The Hall–Kier alpha value is -2.62. The minimum atomic E-state index is -2.92. The minimum Gasteiger partial charge on any atom is -0.462 e. The molecule has 2 aliphatic heterocycles. The predicted octanol–water partition coefficient (Wildman–Crippen LogP) is 5.09. The third-order valence-corrected chi connectivity index (χ3v) is 6.60. The molecule has 0 bridgehead atoms. The molecule has 2 fully saturated rings. The summed E-state index contributed by atoms with van der Waals surface area (Å²) in [5.74, 6) is -0.364. The maximum atomic E-state index is 14.0. The lowest BCUT2D eigenvalue weighted by Crippen LogP contribution is -2.54. The predicted molar refractivity (Wildman–Crippen MR) is 127 cm³/mol. The van der Waals surface area contributed by atoms with Crippen molar-refractivity contribution >= 4 is 5.91 Å². The molecule has 6 nitrogen and oxygen atoms in total. The fourth-order valence-corrected chi connectivity index (χ4v) is 5.17. The molecule has 5 atom stereocenters. The van der Waals surface area contributed by atoms with Crippen LogP contribution in [0.15, 0.2) is 42.5 Å². The van der Waals surface area contributed by atoms with E-state index in [1.807, 2.05) is 19.9 Å². The first-order valence-electron chi connectivity index (χ1n) is 12.1. The van der Waals surface area contributed by atoms with Gasteiger partial charge in [0.25, 0.3) is 0 Å². The molecule has 2 heterocycles. The van der Waals surface area contributed by atoms with Gasteiger partial charge in [0, 0.05) is 19.4 Å². The topological polar surface area (TPSA) is 66.0 Å². The average Bonchev–Trinajstić information content (AvgIpc) is 3.12. The third kappa shape index (κ3) is 6.19. The smallest absolute Gasteiger partial charge is 0.345 e. The van der Waals surface area contributed by atoms with Gasteiger partial charge < -0.3 is 24.3 Å². The molecule has 0 spiro atoms. The summed E-state index contributed by atoms with van der Waals surface area (Å²) in [4.78, 5) is 11.3. The number of hydrogen-bond acceptors (Lipinski definition) is 5. The van der Waals surface area contributed by atoms with Crippen LogP contribution in [0.4, 0.5) is 13.2 Å². The summed E-state index contributed by atoms with van der Waals surface area (Å²) < 4.78 is 63.5. The number of fused-ring (bicyclic) bond motifs is 1. The Balaban J connectivity index is 1.61. The van der Waals surface area contributed by atoms with Gasteiger partial charge in [-0.25, -0.2) is 4.39 Å². The maximum Gasteiger partial charge on any atom is 0.345 e. The summed E-state index contributed by atoms with van der Waals surface area (Å²) in [6.07, 6.45) is -1.83. The number of rotatable bonds is 8. The van der Waals surface area contributed by atoms with Gasteiger partial charge in [0.2, 0.25) is 12.2 Å². The number of benzene rings is 2. The van der Waals surface area contributed by atoms with E-state index in [1.54, 1.807) is 31.2 Å². The van der Waals surface area contributed by atoms with Crippen molar-refractivity contribution in [1.82, 2.24) is 5.32 Å². The fraction of sp³-hybridized carbons (Fsp3) is 0.519. The second-order valence-electron chi connectivity index (χ2n) is 9.96. The zero-order valence-corrected chi connectivity index (χ0v) is 20.8. The van der Waals surface area contributed by atoms with Gasteiger partial charge in [-0.2, -0.15) is 8.78 Å². The van der Waals surface area contributed by atoms with E-state index >= 15 is 0 Å². The van der Waals surface area contributed by atoms with Crippen molar-refractivity contribution < 1.29 is 36.9 Å². The fourth-order valence-electron chi connectivity index (χ4n) is 5.17. The molecule has 0 aliphatic carbocycles. The lowest BCUT2D eigenvalue weighted by molar-refractivity contribution is -0.288. The van der Waals surface area contributed by atoms with Crippen LogP contribution >= 0.6 is 0 Å². The van der Waals surface area contributed by atoms with E-state index in [4.69, 9.17) is 18.9 Å². The zero-order valence-electron chi connectivity index (χ0n) is 20.8. The van der Waals surface area contributed by atoms with Crippen molar-refractivity contribution in [3.05, 3.63) is 53.8 Å². The Morgan fingerprint density at radius 1 is 1.22 bits per heavy atom. The van der Waals surface area contributed by atoms with Crippen molar-refractivity contribution in [2.24, 2.45) is 5.92 Å². The molecule has 0 unspecified atom stereocenters. The highest BCUT2D eigenvalue weighted by Gasteiger charge is 2.55. The number of carbonyl (C=O) groups excluding carboxylic acids is 1. The number of ether oxygens (including phenoxy) is 4. The zero-order chi connectivity index (χ0) is 26.0. The number of alkyl halides is 2. The van der Waals surface area contributed by atoms with E-state index in [2.05, 4.69) is 5.32 Å². The van der Waals surface area contributed by atoms with Crippen LogP contribution in [-0.4, -0.2) is 49.3 Å². The Kier molecular flexibility index (Phi) is 7.92. The number of nitrogens with one attached hydrogen (secondary N) is 1. The Labute approximate surface area is 209 Å². The van der Waals surface area contributed by atoms with Crippen molar-refractivity contribution in [3.8, 4) is 16.9 Å². The number of amides is 1. The summed E-state index contributed by atoms with van der Waals surface area (Å²) in [5.41, 5.74) is 1.78. The van der Waals surface area contributed by atoms with Gasteiger partial charge in [0.15, 0.2) is 0 Å². The van der Waals surface area contributed by atoms with Crippen LogP contribution in [0.3, 0.4) is 0 Å². The van der Waals surface area contributed by atoms with E-state index in [0.717, 1.165) is 11.1 Å². The van der Waals surface area contributed by atoms with E-state index in [0.29, 0.717) is 30.7 Å². The second-order valence-corrected chi connectivity index (χ2v) is 9.96. The van der Waals surface area contributed by atoms with E-state index in [-0.39, 0.29) is 17.6 Å². The summed E-state index contributed by atoms with van der Waals surface area (Å²) in [6, 6.07) is 11.7. The van der Waals surface area contributed by atoms with Crippen LogP contribution in [0.5, 0.6) is 5.75 Å². The second kappa shape index (κ2) is 10.8. The van der Waals surface area contributed by atoms with Gasteiger partial charge in [-0.05, 0) is 74.6 Å². The Bertz CT molecular complexity index is 1080. The van der Waals surface area contributed by atoms with E-state index < -0.39 is 36.8 Å². The van der Waals surface area contributed by atoms with Crippen molar-refractivity contribution in [3.63, 3.8) is 0 Å². The van der Waals surface area contributed by atoms with Crippen LogP contribution in [0.25, 0.3) is 11.1 Å². The summed E-state index contributed by atoms with van der Waals surface area (Å²) in [5, 5.41) is 2.77. The minimum absolute atomic E-state index is 0.131. The lowest BCUT2D eigenvalue weighted by Gasteiger charge is -2.41. The van der Waals surface area contributed by atoms with Crippen LogP contribution in [0.2, 0.25) is 0 Å². The molecule has 2 aromatic rings. The standard InChI is InChI=1S/C27H32F3NO5/c1-15-23(35-26(29)30)22-14-27(3,4)36-24(22)25(33-15)34-20-9-8-17(10-11-31-16(2)32)21(13-20)18-6-5-7-19(28)12-18/h5-9,12-13,15,22-26H,10-11,14H2,1-4H3,(H,31,32)/t15-,22+,23-,24+,25-/m0/s1. The van der Waals surface area contributed by atoms with Gasteiger partial charge >= 0.3 is 6.61 Å². The molecular formula is C27H32F3NO5. The highest BCUT2D eigenvalue weighted by molar-refractivity contribution is 5.73. The molecule has 0 radical (unpaired) electrons. The molecule has 4 rings (SSSR count). The molecule has 0 aromatic heterocycles. The van der Waals surface area contributed by atoms with Gasteiger partial charge in [-0.1, -0.05) is 18.2 Å². The normalized spacial score (nSPS) is 27.1. The van der Waals surface area contributed by atoms with Gasteiger partial charge in [0.05, 0.1) is 17.8 Å². The highest BCUT2D eigenvalue weighted by atomic mass is 19.3. The highest BCUT2D eigenvalue weighted by Crippen LogP contribution is 2.45. The van der Waals surface area contributed by atoms with Gasteiger partial charge in [-0.3, -0.25) is 4.79 Å². The van der Waals surface area contributed by atoms with Crippen molar-refractivity contribution in [1.29, 1.82) is 0 Å². The lowest BCUT2D eigenvalue weighted by atomic mass is 9.85. The number of carbonyl (C=O) groups is 1. The molecule has 9 heteroatoms. The molecule has 2 aliphatic rings. The molecule has 2 aromatic carbocycles. The van der Waals surface area contributed by atoms with Crippen LogP contribution in [0.1, 0.15) is 39.7 Å². The van der Waals surface area contributed by atoms with E-state index in [9.17, 15) is 18.0 Å². The first-order valence-corrected chi connectivity index (χ1v) is 12.1. The average molecular weight is 508 g/mol. The largest absolute Gasteiger partial charge is 0.462 e. The van der Waals surface area contributed by atoms with Crippen LogP contribution < -0.4 is 10.1 Å². The maximum absolute atomic E-state index is 14.0. The summed E-state index contributed by atoms with van der Waals surface area (Å²) >= 11 is 0. The Morgan fingerprint density at radius 3 is 2.69 bits per heavy atom.